The van der Waals surface area contributed by atoms with Crippen molar-refractivity contribution in [3.8, 4) is 0 Å². The Morgan fingerprint density at radius 2 is 1.60 bits per heavy atom. The van der Waals surface area contributed by atoms with Crippen LogP contribution in [0.25, 0.3) is 10.9 Å². The maximum absolute atomic E-state index is 12.2. The number of anilines is 2. The zero-order valence-corrected chi connectivity index (χ0v) is 23.3. The molecule has 4 aromatic rings. The SMILES string of the molecule is COC(=O)c1cc(NC(=S)NC(=NCCc2c[nH]c3ccccc23)Nc2nc(C)cc(C)n2)cc(C(=O)OC)c1. The van der Waals surface area contributed by atoms with Crippen molar-refractivity contribution in [1.29, 1.82) is 0 Å². The van der Waals surface area contributed by atoms with E-state index in [0.717, 1.165) is 27.9 Å². The van der Waals surface area contributed by atoms with E-state index < -0.39 is 11.9 Å². The lowest BCUT2D eigenvalue weighted by atomic mass is 10.1. The third-order valence-electron chi connectivity index (χ3n) is 5.80. The smallest absolute Gasteiger partial charge is 0.337 e. The molecule has 0 aliphatic carbocycles. The van der Waals surface area contributed by atoms with Gasteiger partial charge in [0.15, 0.2) is 5.11 Å². The molecular formula is C28H29N7O4S. The number of aromatic amines is 1. The van der Waals surface area contributed by atoms with Crippen molar-refractivity contribution in [1.82, 2.24) is 20.3 Å². The summed E-state index contributed by atoms with van der Waals surface area (Å²) >= 11 is 5.53. The Morgan fingerprint density at radius 1 is 0.950 bits per heavy atom. The predicted octanol–water partition coefficient (Wildman–Crippen LogP) is 4.15. The summed E-state index contributed by atoms with van der Waals surface area (Å²) in [6, 6.07) is 14.4. The zero-order valence-electron chi connectivity index (χ0n) is 22.5. The molecule has 0 aliphatic heterocycles. The second-order valence-electron chi connectivity index (χ2n) is 8.80. The number of esters is 2. The van der Waals surface area contributed by atoms with Gasteiger partial charge in [0.05, 0.1) is 25.3 Å². The Labute approximate surface area is 236 Å². The van der Waals surface area contributed by atoms with Crippen molar-refractivity contribution in [3.63, 3.8) is 0 Å². The minimum atomic E-state index is -0.610. The molecular weight excluding hydrogens is 530 g/mol. The number of carbonyl (C=O) groups excluding carboxylic acids is 2. The van der Waals surface area contributed by atoms with Crippen LogP contribution >= 0.6 is 12.2 Å². The van der Waals surface area contributed by atoms with E-state index in [9.17, 15) is 9.59 Å². The Balaban J connectivity index is 1.55. The molecule has 2 heterocycles. The Hall–Kier alpha value is -4.84. The van der Waals surface area contributed by atoms with Gasteiger partial charge < -0.3 is 25.1 Å². The molecule has 12 heteroatoms. The van der Waals surface area contributed by atoms with E-state index >= 15 is 0 Å². The number of hydrogen-bond donors (Lipinski definition) is 4. The summed E-state index contributed by atoms with van der Waals surface area (Å²) in [6.07, 6.45) is 2.65. The number of thiocarbonyl (C=S) groups is 1. The van der Waals surface area contributed by atoms with Gasteiger partial charge in [-0.25, -0.2) is 19.6 Å². The molecule has 0 atom stereocenters. The summed E-state index contributed by atoms with van der Waals surface area (Å²) in [4.78, 5) is 41.1. The minimum Gasteiger partial charge on any atom is -0.465 e. The van der Waals surface area contributed by atoms with Gasteiger partial charge in [0.2, 0.25) is 11.9 Å². The van der Waals surface area contributed by atoms with Crippen LogP contribution in [0.5, 0.6) is 0 Å². The van der Waals surface area contributed by atoms with Gasteiger partial charge >= 0.3 is 11.9 Å². The first kappa shape index (κ1) is 28.2. The van der Waals surface area contributed by atoms with Crippen LogP contribution in [0.15, 0.2) is 59.7 Å². The van der Waals surface area contributed by atoms with E-state index in [0.29, 0.717) is 30.6 Å². The average Bonchev–Trinajstić information content (AvgIpc) is 3.34. The monoisotopic (exact) mass is 559 g/mol. The van der Waals surface area contributed by atoms with Crippen LogP contribution in [0.2, 0.25) is 0 Å². The number of ether oxygens (including phenoxy) is 2. The molecule has 0 bridgehead atoms. The van der Waals surface area contributed by atoms with Gasteiger partial charge in [-0.05, 0) is 68.4 Å². The number of hydrogen-bond acceptors (Lipinski definition) is 8. The van der Waals surface area contributed by atoms with E-state index in [1.54, 1.807) is 0 Å². The molecule has 0 spiro atoms. The van der Waals surface area contributed by atoms with Crippen LogP contribution in [0.1, 0.15) is 37.7 Å². The number of carbonyl (C=O) groups is 2. The number of benzene rings is 2. The molecule has 0 radical (unpaired) electrons. The molecule has 206 valence electrons. The normalized spacial score (nSPS) is 11.2. The van der Waals surface area contributed by atoms with Gasteiger partial charge in [-0.3, -0.25) is 10.3 Å². The lowest BCUT2D eigenvalue weighted by molar-refractivity contribution is 0.0599. The summed E-state index contributed by atoms with van der Waals surface area (Å²) in [5.41, 5.74) is 4.48. The van der Waals surface area contributed by atoms with Crippen molar-refractivity contribution < 1.29 is 19.1 Å². The summed E-state index contributed by atoms with van der Waals surface area (Å²) in [5, 5.41) is 10.4. The number of aliphatic imine (C=N–C) groups is 1. The van der Waals surface area contributed by atoms with Crippen LogP contribution in [0.3, 0.4) is 0 Å². The third-order valence-corrected chi connectivity index (χ3v) is 6.01. The summed E-state index contributed by atoms with van der Waals surface area (Å²) < 4.78 is 9.61. The average molecular weight is 560 g/mol. The van der Waals surface area contributed by atoms with Crippen molar-refractivity contribution in [2.75, 3.05) is 31.4 Å². The molecule has 40 heavy (non-hydrogen) atoms. The van der Waals surface area contributed by atoms with E-state index in [1.165, 1.54) is 32.4 Å². The van der Waals surface area contributed by atoms with Crippen molar-refractivity contribution in [2.45, 2.75) is 20.3 Å². The maximum atomic E-state index is 12.2. The first-order valence-corrected chi connectivity index (χ1v) is 12.7. The lowest BCUT2D eigenvalue weighted by Crippen LogP contribution is -2.39. The zero-order chi connectivity index (χ0) is 28.6. The summed E-state index contributed by atoms with van der Waals surface area (Å²) in [6.45, 7) is 4.19. The lowest BCUT2D eigenvalue weighted by Gasteiger charge is -2.15. The highest BCUT2D eigenvalue weighted by Crippen LogP contribution is 2.19. The minimum absolute atomic E-state index is 0.153. The number of aryl methyl sites for hydroxylation is 2. The van der Waals surface area contributed by atoms with E-state index in [4.69, 9.17) is 21.7 Å². The largest absolute Gasteiger partial charge is 0.465 e. The van der Waals surface area contributed by atoms with Gasteiger partial charge in [-0.1, -0.05) is 18.2 Å². The third kappa shape index (κ3) is 7.17. The molecule has 0 unspecified atom stereocenters. The standard InChI is InChI=1S/C28H29N7O4S/c1-16-11-17(2)32-27(31-16)34-26(29-10-9-18-15-30-23-8-6-5-7-22(18)23)35-28(40)33-21-13-19(24(36)38-3)12-20(14-21)25(37)39-4/h5-8,11-15,30H,9-10H2,1-4H3,(H3,29,31,32,33,34,35,40). The van der Waals surface area contributed by atoms with Gasteiger partial charge in [0, 0.05) is 40.7 Å². The summed E-state index contributed by atoms with van der Waals surface area (Å²) in [7, 11) is 2.51. The van der Waals surface area contributed by atoms with E-state index in [1.807, 2.05) is 44.3 Å². The fourth-order valence-corrected chi connectivity index (χ4v) is 4.28. The fraction of sp³-hybridized carbons (Fsp3) is 0.214. The Bertz CT molecular complexity index is 1540. The Morgan fingerprint density at radius 3 is 2.25 bits per heavy atom. The summed E-state index contributed by atoms with van der Waals surface area (Å²) in [5.74, 6) is -0.541. The first-order valence-electron chi connectivity index (χ1n) is 12.3. The predicted molar refractivity (Wildman–Crippen MR) is 158 cm³/mol. The van der Waals surface area contributed by atoms with Crippen LogP contribution in [-0.4, -0.2) is 58.7 Å². The number of guanidine groups is 1. The maximum Gasteiger partial charge on any atom is 0.337 e. The highest BCUT2D eigenvalue weighted by Gasteiger charge is 2.15. The van der Waals surface area contributed by atoms with Crippen LogP contribution in [0.4, 0.5) is 11.6 Å². The van der Waals surface area contributed by atoms with Crippen LogP contribution in [0, 0.1) is 13.8 Å². The molecule has 0 saturated heterocycles. The fourth-order valence-electron chi connectivity index (χ4n) is 4.07. The molecule has 0 aliphatic rings. The number of H-pyrrole nitrogens is 1. The Kier molecular flexibility index (Phi) is 9.02. The number of rotatable bonds is 7. The number of fused-ring (bicyclic) bond motifs is 1. The van der Waals surface area contributed by atoms with Gasteiger partial charge in [-0.15, -0.1) is 0 Å². The van der Waals surface area contributed by atoms with Crippen LogP contribution in [-0.2, 0) is 15.9 Å². The molecule has 11 nitrogen and oxygen atoms in total. The topological polar surface area (TPSA) is 143 Å². The van der Waals surface area contributed by atoms with Crippen molar-refractivity contribution >= 4 is 57.8 Å². The molecule has 0 fully saturated rings. The second kappa shape index (κ2) is 12.8. The second-order valence-corrected chi connectivity index (χ2v) is 9.21. The number of nitrogens with one attached hydrogen (secondary N) is 4. The van der Waals surface area contributed by atoms with Crippen LogP contribution < -0.4 is 16.0 Å². The number of methoxy groups -OCH3 is 2. The molecule has 2 aromatic carbocycles. The molecule has 4 rings (SSSR count). The van der Waals surface area contributed by atoms with Gasteiger partial charge in [0.1, 0.15) is 0 Å². The van der Waals surface area contributed by atoms with E-state index in [-0.39, 0.29) is 16.2 Å². The number of para-hydroxylation sites is 1. The highest BCUT2D eigenvalue weighted by molar-refractivity contribution is 7.80. The molecule has 0 amide bonds. The molecule has 4 N–H and O–H groups in total. The van der Waals surface area contributed by atoms with Gasteiger partial charge in [-0.2, -0.15) is 0 Å². The van der Waals surface area contributed by atoms with Crippen molar-refractivity contribution in [3.05, 3.63) is 82.8 Å². The first-order chi connectivity index (χ1) is 19.2. The molecule has 0 saturated carbocycles. The molecule has 2 aromatic heterocycles. The van der Waals surface area contributed by atoms with Gasteiger partial charge in [0.25, 0.3) is 0 Å². The van der Waals surface area contributed by atoms with Crippen molar-refractivity contribution in [2.24, 2.45) is 4.99 Å². The van der Waals surface area contributed by atoms with E-state index in [2.05, 4.69) is 42.0 Å². The quantitative estimate of drug-likeness (QED) is 0.113. The highest BCUT2D eigenvalue weighted by atomic mass is 32.1. The number of nitrogens with zero attached hydrogens (tertiary/aromatic N) is 3. The number of aromatic nitrogens is 3.